The summed E-state index contributed by atoms with van der Waals surface area (Å²) in [6, 6.07) is 6.99. The van der Waals surface area contributed by atoms with Gasteiger partial charge in [-0.15, -0.1) is 0 Å². The Balaban J connectivity index is 2.09. The van der Waals surface area contributed by atoms with Crippen molar-refractivity contribution in [3.63, 3.8) is 0 Å². The van der Waals surface area contributed by atoms with Gasteiger partial charge in [0, 0.05) is 29.7 Å². The summed E-state index contributed by atoms with van der Waals surface area (Å²) in [5, 5.41) is 8.28. The third-order valence-corrected chi connectivity index (χ3v) is 3.59. The number of hydrogen-bond donors (Lipinski definition) is 3. The number of rotatable bonds is 9. The Morgan fingerprint density at radius 3 is 2.45 bits per heavy atom. The van der Waals surface area contributed by atoms with E-state index in [4.69, 9.17) is 0 Å². The quantitative estimate of drug-likeness (QED) is 0.585. The van der Waals surface area contributed by atoms with E-state index in [-0.39, 0.29) is 11.9 Å². The molecule has 0 saturated carbocycles. The molecule has 0 aliphatic carbocycles. The highest BCUT2D eigenvalue weighted by Crippen LogP contribution is 2.11. The summed E-state index contributed by atoms with van der Waals surface area (Å²) in [4.78, 5) is 23.3. The molecule has 0 saturated heterocycles. The Labute approximate surface area is 140 Å². The summed E-state index contributed by atoms with van der Waals surface area (Å²) in [5.74, 6) is -0.150. The molecule has 122 valence electrons. The highest BCUT2D eigenvalue weighted by atomic mass is 79.9. The van der Waals surface area contributed by atoms with Crippen LogP contribution in [0.1, 0.15) is 43.0 Å². The molecule has 3 amide bonds. The van der Waals surface area contributed by atoms with Gasteiger partial charge >= 0.3 is 6.03 Å². The monoisotopic (exact) mass is 369 g/mol. The first-order chi connectivity index (χ1) is 10.6. The molecule has 0 radical (unpaired) electrons. The van der Waals surface area contributed by atoms with Gasteiger partial charge in [0.05, 0.1) is 0 Å². The number of halogens is 1. The molecule has 0 aliphatic rings. The summed E-state index contributed by atoms with van der Waals surface area (Å²) >= 11 is 3.33. The minimum absolute atomic E-state index is 0.150. The fraction of sp³-hybridized carbons (Fsp3) is 0.500. The van der Waals surface area contributed by atoms with Gasteiger partial charge in [-0.2, -0.15) is 0 Å². The van der Waals surface area contributed by atoms with Crippen molar-refractivity contribution in [2.45, 2.75) is 32.6 Å². The average molecular weight is 370 g/mol. The number of benzene rings is 1. The van der Waals surface area contributed by atoms with Crippen LogP contribution in [0, 0.1) is 0 Å². The van der Waals surface area contributed by atoms with Gasteiger partial charge in [0.1, 0.15) is 0 Å². The standard InChI is InChI=1S/C16H24BrN3O2/c1-2-3-4-5-9-19-16(22)20-11-10-18-15(21)13-7-6-8-14(17)12-13/h6-8,12H,2-5,9-11H2,1H3,(H,18,21)(H2,19,20,22). The van der Waals surface area contributed by atoms with Gasteiger partial charge in [0.15, 0.2) is 0 Å². The lowest BCUT2D eigenvalue weighted by Gasteiger charge is -2.08. The van der Waals surface area contributed by atoms with E-state index in [0.717, 1.165) is 17.3 Å². The minimum atomic E-state index is -0.187. The first kappa shape index (κ1) is 18.5. The number of carbonyl (C=O) groups is 2. The molecule has 0 spiro atoms. The zero-order valence-corrected chi connectivity index (χ0v) is 14.5. The fourth-order valence-corrected chi connectivity index (χ4v) is 2.30. The van der Waals surface area contributed by atoms with Crippen molar-refractivity contribution in [2.75, 3.05) is 19.6 Å². The lowest BCUT2D eigenvalue weighted by Crippen LogP contribution is -2.40. The molecule has 1 aromatic carbocycles. The summed E-state index contributed by atoms with van der Waals surface area (Å²) in [6.07, 6.45) is 4.52. The van der Waals surface area contributed by atoms with Crippen molar-refractivity contribution >= 4 is 27.9 Å². The van der Waals surface area contributed by atoms with E-state index in [1.165, 1.54) is 12.8 Å². The van der Waals surface area contributed by atoms with Gasteiger partial charge in [0.2, 0.25) is 0 Å². The van der Waals surface area contributed by atoms with Crippen molar-refractivity contribution in [1.82, 2.24) is 16.0 Å². The molecule has 0 aromatic heterocycles. The van der Waals surface area contributed by atoms with Crippen LogP contribution in [0.5, 0.6) is 0 Å². The Kier molecular flexibility index (Phi) is 9.30. The average Bonchev–Trinajstić information content (AvgIpc) is 2.51. The molecule has 3 N–H and O–H groups in total. The molecule has 0 fully saturated rings. The van der Waals surface area contributed by atoms with Crippen LogP contribution >= 0.6 is 15.9 Å². The van der Waals surface area contributed by atoms with Crippen LogP contribution in [-0.4, -0.2) is 31.6 Å². The zero-order chi connectivity index (χ0) is 16.2. The van der Waals surface area contributed by atoms with Gasteiger partial charge in [0.25, 0.3) is 5.91 Å². The summed E-state index contributed by atoms with van der Waals surface area (Å²) in [6.45, 7) is 3.65. The van der Waals surface area contributed by atoms with Crippen molar-refractivity contribution < 1.29 is 9.59 Å². The van der Waals surface area contributed by atoms with E-state index in [1.807, 2.05) is 12.1 Å². The van der Waals surface area contributed by atoms with E-state index in [2.05, 4.69) is 38.8 Å². The molecule has 22 heavy (non-hydrogen) atoms. The van der Waals surface area contributed by atoms with E-state index >= 15 is 0 Å². The van der Waals surface area contributed by atoms with Gasteiger partial charge < -0.3 is 16.0 Å². The van der Waals surface area contributed by atoms with E-state index < -0.39 is 0 Å². The molecular weight excluding hydrogens is 346 g/mol. The summed E-state index contributed by atoms with van der Waals surface area (Å²) < 4.78 is 0.862. The Morgan fingerprint density at radius 1 is 1.00 bits per heavy atom. The SMILES string of the molecule is CCCCCCNC(=O)NCCNC(=O)c1cccc(Br)c1. The summed E-state index contributed by atoms with van der Waals surface area (Å²) in [7, 11) is 0. The maximum absolute atomic E-state index is 11.9. The van der Waals surface area contributed by atoms with Gasteiger partial charge in [-0.25, -0.2) is 4.79 Å². The molecule has 1 aromatic rings. The number of urea groups is 1. The first-order valence-electron chi connectivity index (χ1n) is 7.69. The van der Waals surface area contributed by atoms with Gasteiger partial charge in [-0.3, -0.25) is 4.79 Å². The fourth-order valence-electron chi connectivity index (χ4n) is 1.90. The third kappa shape index (κ3) is 8.02. The predicted octanol–water partition coefficient (Wildman–Crippen LogP) is 3.06. The highest BCUT2D eigenvalue weighted by molar-refractivity contribution is 9.10. The normalized spacial score (nSPS) is 10.1. The Morgan fingerprint density at radius 2 is 1.73 bits per heavy atom. The zero-order valence-electron chi connectivity index (χ0n) is 13.0. The largest absolute Gasteiger partial charge is 0.350 e. The number of nitrogens with one attached hydrogen (secondary N) is 3. The second-order valence-corrected chi connectivity index (χ2v) is 5.93. The van der Waals surface area contributed by atoms with Gasteiger partial charge in [-0.05, 0) is 24.6 Å². The smallest absolute Gasteiger partial charge is 0.314 e. The van der Waals surface area contributed by atoms with Crippen molar-refractivity contribution in [2.24, 2.45) is 0 Å². The number of carbonyl (C=O) groups excluding carboxylic acids is 2. The maximum atomic E-state index is 11.9. The summed E-state index contributed by atoms with van der Waals surface area (Å²) in [5.41, 5.74) is 0.592. The minimum Gasteiger partial charge on any atom is -0.350 e. The number of hydrogen-bond acceptors (Lipinski definition) is 2. The molecular formula is C16H24BrN3O2. The maximum Gasteiger partial charge on any atom is 0.314 e. The molecule has 0 bridgehead atoms. The molecule has 0 aliphatic heterocycles. The van der Waals surface area contributed by atoms with Crippen LogP contribution in [0.4, 0.5) is 4.79 Å². The first-order valence-corrected chi connectivity index (χ1v) is 8.48. The topological polar surface area (TPSA) is 70.2 Å². The van der Waals surface area contributed by atoms with E-state index in [9.17, 15) is 9.59 Å². The van der Waals surface area contributed by atoms with Crippen LogP contribution in [0.15, 0.2) is 28.7 Å². The Hall–Kier alpha value is -1.56. The van der Waals surface area contributed by atoms with Crippen molar-refractivity contribution in [3.05, 3.63) is 34.3 Å². The molecule has 5 nitrogen and oxygen atoms in total. The van der Waals surface area contributed by atoms with E-state index in [0.29, 0.717) is 25.2 Å². The highest BCUT2D eigenvalue weighted by Gasteiger charge is 2.05. The van der Waals surface area contributed by atoms with Crippen molar-refractivity contribution in [3.8, 4) is 0 Å². The van der Waals surface area contributed by atoms with Crippen LogP contribution in [-0.2, 0) is 0 Å². The van der Waals surface area contributed by atoms with Crippen LogP contribution in [0.25, 0.3) is 0 Å². The van der Waals surface area contributed by atoms with Gasteiger partial charge in [-0.1, -0.05) is 48.2 Å². The second-order valence-electron chi connectivity index (χ2n) is 5.01. The van der Waals surface area contributed by atoms with E-state index in [1.54, 1.807) is 12.1 Å². The molecule has 6 heteroatoms. The van der Waals surface area contributed by atoms with Crippen LogP contribution < -0.4 is 16.0 Å². The second kappa shape index (κ2) is 11.1. The van der Waals surface area contributed by atoms with Crippen molar-refractivity contribution in [1.29, 1.82) is 0 Å². The number of unbranched alkanes of at least 4 members (excludes halogenated alkanes) is 3. The van der Waals surface area contributed by atoms with Crippen LogP contribution in [0.2, 0.25) is 0 Å². The molecule has 1 rings (SSSR count). The molecule has 0 heterocycles. The Bertz CT molecular complexity index is 480. The third-order valence-electron chi connectivity index (χ3n) is 3.10. The predicted molar refractivity (Wildman–Crippen MR) is 92.0 cm³/mol. The lowest BCUT2D eigenvalue weighted by atomic mass is 10.2. The molecule has 0 unspecified atom stereocenters. The lowest BCUT2D eigenvalue weighted by molar-refractivity contribution is 0.0953. The van der Waals surface area contributed by atoms with Crippen LogP contribution in [0.3, 0.4) is 0 Å². The molecule has 0 atom stereocenters. The number of amides is 3.